The molecule has 0 radical (unpaired) electrons. The van der Waals surface area contributed by atoms with Crippen molar-refractivity contribution in [1.29, 1.82) is 0 Å². The molecule has 1 fully saturated rings. The molecule has 2 rings (SSSR count). The van der Waals surface area contributed by atoms with Gasteiger partial charge in [-0.1, -0.05) is 0 Å². The topological polar surface area (TPSA) is 53.5 Å². The molecule has 0 aromatic carbocycles. The summed E-state index contributed by atoms with van der Waals surface area (Å²) in [5.41, 5.74) is 0. The standard InChI is InChI=1S/C12H18BrN3O2S/c1-10(2)15-5-7-16(8-6-15)19(17,18)12-4-3-11(13)9-14-12/h3-4,9-10H,5-8H2,1-2H3. The van der Waals surface area contributed by atoms with Gasteiger partial charge in [0.1, 0.15) is 0 Å². The van der Waals surface area contributed by atoms with Crippen LogP contribution in [0.3, 0.4) is 0 Å². The molecule has 106 valence electrons. The highest BCUT2D eigenvalue weighted by atomic mass is 79.9. The van der Waals surface area contributed by atoms with Crippen molar-refractivity contribution in [3.8, 4) is 0 Å². The van der Waals surface area contributed by atoms with Gasteiger partial charge in [-0.25, -0.2) is 13.4 Å². The van der Waals surface area contributed by atoms with Crippen LogP contribution in [-0.2, 0) is 10.0 Å². The molecule has 0 spiro atoms. The molecule has 0 unspecified atom stereocenters. The van der Waals surface area contributed by atoms with E-state index < -0.39 is 10.0 Å². The first-order valence-corrected chi connectivity index (χ1v) is 8.50. The Morgan fingerprint density at radius 2 is 1.84 bits per heavy atom. The number of hydrogen-bond acceptors (Lipinski definition) is 4. The van der Waals surface area contributed by atoms with Crippen LogP contribution in [0.25, 0.3) is 0 Å². The third kappa shape index (κ3) is 3.34. The van der Waals surface area contributed by atoms with E-state index in [2.05, 4.69) is 39.7 Å². The van der Waals surface area contributed by atoms with Crippen molar-refractivity contribution in [3.05, 3.63) is 22.8 Å². The molecule has 1 aliphatic heterocycles. The summed E-state index contributed by atoms with van der Waals surface area (Å²) < 4.78 is 27.1. The van der Waals surface area contributed by atoms with Crippen LogP contribution in [0.4, 0.5) is 0 Å². The molecule has 0 aliphatic carbocycles. The largest absolute Gasteiger partial charge is 0.298 e. The van der Waals surface area contributed by atoms with E-state index >= 15 is 0 Å². The zero-order valence-corrected chi connectivity index (χ0v) is 13.5. The van der Waals surface area contributed by atoms with Crippen molar-refractivity contribution in [2.24, 2.45) is 0 Å². The summed E-state index contributed by atoms with van der Waals surface area (Å²) in [4.78, 5) is 6.27. The lowest BCUT2D eigenvalue weighted by Crippen LogP contribution is -2.50. The summed E-state index contributed by atoms with van der Waals surface area (Å²) in [7, 11) is -3.45. The number of piperazine rings is 1. The van der Waals surface area contributed by atoms with Crippen molar-refractivity contribution in [1.82, 2.24) is 14.2 Å². The summed E-state index contributed by atoms with van der Waals surface area (Å²) in [6, 6.07) is 3.69. The van der Waals surface area contributed by atoms with Gasteiger partial charge in [0.2, 0.25) is 0 Å². The highest BCUT2D eigenvalue weighted by Crippen LogP contribution is 2.18. The number of halogens is 1. The Morgan fingerprint density at radius 3 is 2.32 bits per heavy atom. The SMILES string of the molecule is CC(C)N1CCN(S(=O)(=O)c2ccc(Br)cn2)CC1. The summed E-state index contributed by atoms with van der Waals surface area (Å²) in [5.74, 6) is 0. The minimum Gasteiger partial charge on any atom is -0.298 e. The molecule has 1 aromatic heterocycles. The number of sulfonamides is 1. The van der Waals surface area contributed by atoms with Crippen LogP contribution < -0.4 is 0 Å². The normalized spacial score (nSPS) is 18.9. The number of hydrogen-bond donors (Lipinski definition) is 0. The van der Waals surface area contributed by atoms with E-state index in [9.17, 15) is 8.42 Å². The molecule has 0 bridgehead atoms. The number of rotatable bonds is 3. The Labute approximate surface area is 122 Å². The van der Waals surface area contributed by atoms with Gasteiger partial charge >= 0.3 is 0 Å². The Balaban J connectivity index is 2.12. The van der Waals surface area contributed by atoms with Gasteiger partial charge in [0.05, 0.1) is 0 Å². The molecule has 2 heterocycles. The van der Waals surface area contributed by atoms with Crippen LogP contribution in [-0.4, -0.2) is 54.8 Å². The van der Waals surface area contributed by atoms with Crippen molar-refractivity contribution in [3.63, 3.8) is 0 Å². The van der Waals surface area contributed by atoms with Crippen molar-refractivity contribution >= 4 is 26.0 Å². The zero-order valence-electron chi connectivity index (χ0n) is 11.1. The minimum atomic E-state index is -3.45. The van der Waals surface area contributed by atoms with Gasteiger partial charge < -0.3 is 0 Å². The third-order valence-corrected chi connectivity index (χ3v) is 5.59. The molecular formula is C12H18BrN3O2S. The maximum absolute atomic E-state index is 12.4. The van der Waals surface area contributed by atoms with Crippen molar-refractivity contribution in [2.45, 2.75) is 24.9 Å². The van der Waals surface area contributed by atoms with E-state index in [1.165, 1.54) is 16.6 Å². The van der Waals surface area contributed by atoms with Crippen molar-refractivity contribution < 1.29 is 8.42 Å². The number of aromatic nitrogens is 1. The van der Waals surface area contributed by atoms with Crippen LogP contribution in [0.2, 0.25) is 0 Å². The van der Waals surface area contributed by atoms with Crippen molar-refractivity contribution in [2.75, 3.05) is 26.2 Å². The van der Waals surface area contributed by atoms with E-state index in [0.717, 1.165) is 17.6 Å². The smallest absolute Gasteiger partial charge is 0.260 e. The van der Waals surface area contributed by atoms with Crippen LogP contribution >= 0.6 is 15.9 Å². The fraction of sp³-hybridized carbons (Fsp3) is 0.583. The maximum Gasteiger partial charge on any atom is 0.260 e. The van der Waals surface area contributed by atoms with Crippen LogP contribution in [0.5, 0.6) is 0 Å². The summed E-state index contributed by atoms with van der Waals surface area (Å²) in [6.07, 6.45) is 1.51. The predicted octanol–water partition coefficient (Wildman–Crippen LogP) is 1.56. The van der Waals surface area contributed by atoms with E-state index in [1.807, 2.05) is 0 Å². The molecule has 19 heavy (non-hydrogen) atoms. The van der Waals surface area contributed by atoms with Crippen LogP contribution in [0.1, 0.15) is 13.8 Å². The lowest BCUT2D eigenvalue weighted by molar-refractivity contribution is 0.154. The number of pyridine rings is 1. The fourth-order valence-electron chi connectivity index (χ4n) is 2.11. The van der Waals surface area contributed by atoms with E-state index in [1.54, 1.807) is 6.07 Å². The van der Waals surface area contributed by atoms with Gasteiger partial charge in [-0.2, -0.15) is 4.31 Å². The lowest BCUT2D eigenvalue weighted by atomic mass is 10.3. The van der Waals surface area contributed by atoms with Gasteiger partial charge in [0.25, 0.3) is 10.0 Å². The average molecular weight is 348 g/mol. The molecule has 1 saturated heterocycles. The Kier molecular flexibility index (Phi) is 4.60. The quantitative estimate of drug-likeness (QED) is 0.832. The van der Waals surface area contributed by atoms with Gasteiger partial charge in [-0.15, -0.1) is 0 Å². The number of nitrogens with zero attached hydrogens (tertiary/aromatic N) is 3. The first kappa shape index (κ1) is 14.9. The lowest BCUT2D eigenvalue weighted by Gasteiger charge is -2.35. The van der Waals surface area contributed by atoms with Gasteiger partial charge in [-0.05, 0) is 41.9 Å². The first-order valence-electron chi connectivity index (χ1n) is 6.27. The van der Waals surface area contributed by atoms with E-state index in [4.69, 9.17) is 0 Å². The fourth-order valence-corrected chi connectivity index (χ4v) is 3.68. The van der Waals surface area contributed by atoms with Gasteiger partial charge in [0.15, 0.2) is 5.03 Å². The molecule has 1 aromatic rings. The van der Waals surface area contributed by atoms with Gasteiger partial charge in [0, 0.05) is 42.9 Å². The van der Waals surface area contributed by atoms with Crippen LogP contribution in [0.15, 0.2) is 27.8 Å². The molecule has 0 atom stereocenters. The molecule has 0 amide bonds. The second-order valence-electron chi connectivity index (χ2n) is 4.85. The molecule has 7 heteroatoms. The molecule has 0 N–H and O–H groups in total. The zero-order chi connectivity index (χ0) is 14.0. The second-order valence-corrected chi connectivity index (χ2v) is 7.65. The van der Waals surface area contributed by atoms with Gasteiger partial charge in [-0.3, -0.25) is 4.90 Å². The summed E-state index contributed by atoms with van der Waals surface area (Å²) in [5, 5.41) is 0.119. The minimum absolute atomic E-state index is 0.119. The molecule has 0 saturated carbocycles. The average Bonchev–Trinajstić information content (AvgIpc) is 2.39. The molecule has 5 nitrogen and oxygen atoms in total. The Hall–Kier alpha value is -0.500. The van der Waals surface area contributed by atoms with E-state index in [-0.39, 0.29) is 5.03 Å². The third-order valence-electron chi connectivity index (χ3n) is 3.31. The summed E-state index contributed by atoms with van der Waals surface area (Å²) >= 11 is 3.25. The highest BCUT2D eigenvalue weighted by Gasteiger charge is 2.29. The monoisotopic (exact) mass is 347 g/mol. The first-order chi connectivity index (χ1) is 8.91. The van der Waals surface area contributed by atoms with E-state index in [0.29, 0.717) is 19.1 Å². The molecule has 1 aliphatic rings. The highest BCUT2D eigenvalue weighted by molar-refractivity contribution is 9.10. The Morgan fingerprint density at radius 1 is 1.21 bits per heavy atom. The molecular weight excluding hydrogens is 330 g/mol. The second kappa shape index (κ2) is 5.87. The maximum atomic E-state index is 12.4. The van der Waals surface area contributed by atoms with Crippen LogP contribution in [0, 0.1) is 0 Å². The summed E-state index contributed by atoms with van der Waals surface area (Å²) in [6.45, 7) is 6.85. The Bertz CT molecular complexity index is 522. The predicted molar refractivity (Wildman–Crippen MR) is 77.4 cm³/mol.